The average molecular weight is 318 g/mol. The molecular weight excluding hydrogens is 296 g/mol. The van der Waals surface area contributed by atoms with E-state index in [2.05, 4.69) is 10.1 Å². The molecule has 0 spiro atoms. The van der Waals surface area contributed by atoms with E-state index in [-0.39, 0.29) is 12.5 Å². The van der Waals surface area contributed by atoms with E-state index in [9.17, 15) is 9.59 Å². The molecule has 1 rings (SSSR count). The molecule has 0 aliphatic heterocycles. The van der Waals surface area contributed by atoms with Crippen molar-refractivity contribution in [2.45, 2.75) is 38.3 Å². The zero-order chi connectivity index (χ0) is 16.9. The average Bonchev–Trinajstić information content (AvgIpc) is 2.58. The Balaban J connectivity index is 2.34. The SMILES string of the molecule is COC(=O)[C@@H](CCCCC#N)NC(=O)COCc1ccccc1. The van der Waals surface area contributed by atoms with Crippen LogP contribution in [0.2, 0.25) is 0 Å². The van der Waals surface area contributed by atoms with Gasteiger partial charge in [0.15, 0.2) is 0 Å². The molecule has 0 radical (unpaired) electrons. The van der Waals surface area contributed by atoms with Crippen LogP contribution in [0, 0.1) is 11.3 Å². The first-order valence-electron chi connectivity index (χ1n) is 7.53. The number of carbonyl (C=O) groups excluding carboxylic acids is 2. The topological polar surface area (TPSA) is 88.4 Å². The summed E-state index contributed by atoms with van der Waals surface area (Å²) in [5.41, 5.74) is 0.973. The summed E-state index contributed by atoms with van der Waals surface area (Å²) in [4.78, 5) is 23.5. The summed E-state index contributed by atoms with van der Waals surface area (Å²) in [6, 6.07) is 10.9. The van der Waals surface area contributed by atoms with Gasteiger partial charge >= 0.3 is 5.97 Å². The van der Waals surface area contributed by atoms with E-state index >= 15 is 0 Å². The normalized spacial score (nSPS) is 11.3. The smallest absolute Gasteiger partial charge is 0.328 e. The van der Waals surface area contributed by atoms with E-state index < -0.39 is 12.0 Å². The number of unbranched alkanes of at least 4 members (excludes halogenated alkanes) is 2. The predicted octanol–water partition coefficient (Wildman–Crippen LogP) is 1.94. The molecule has 23 heavy (non-hydrogen) atoms. The van der Waals surface area contributed by atoms with E-state index in [0.29, 0.717) is 32.3 Å². The second-order valence-corrected chi connectivity index (χ2v) is 5.03. The molecule has 0 unspecified atom stereocenters. The second kappa shape index (κ2) is 11.2. The highest BCUT2D eigenvalue weighted by Gasteiger charge is 2.20. The van der Waals surface area contributed by atoms with Crippen LogP contribution in [0.5, 0.6) is 0 Å². The summed E-state index contributed by atoms with van der Waals surface area (Å²) in [5, 5.41) is 11.1. The molecule has 0 heterocycles. The third-order valence-electron chi connectivity index (χ3n) is 3.20. The van der Waals surface area contributed by atoms with Crippen LogP contribution in [0.3, 0.4) is 0 Å². The lowest BCUT2D eigenvalue weighted by atomic mass is 10.1. The summed E-state index contributed by atoms with van der Waals surface area (Å²) in [5.74, 6) is -0.852. The molecule has 1 N–H and O–H groups in total. The van der Waals surface area contributed by atoms with E-state index in [1.54, 1.807) is 0 Å². The van der Waals surface area contributed by atoms with Gasteiger partial charge in [-0.25, -0.2) is 4.79 Å². The van der Waals surface area contributed by atoms with Crippen molar-refractivity contribution >= 4 is 11.9 Å². The lowest BCUT2D eigenvalue weighted by Gasteiger charge is -2.16. The Morgan fingerprint density at radius 2 is 2.00 bits per heavy atom. The molecule has 6 nitrogen and oxygen atoms in total. The maximum Gasteiger partial charge on any atom is 0.328 e. The van der Waals surface area contributed by atoms with Crippen LogP contribution < -0.4 is 5.32 Å². The maximum absolute atomic E-state index is 11.9. The van der Waals surface area contributed by atoms with Crippen molar-refractivity contribution in [2.75, 3.05) is 13.7 Å². The molecule has 124 valence electrons. The van der Waals surface area contributed by atoms with Crippen LogP contribution >= 0.6 is 0 Å². The Morgan fingerprint density at radius 3 is 2.65 bits per heavy atom. The van der Waals surface area contributed by atoms with Crippen LogP contribution in [0.1, 0.15) is 31.2 Å². The third-order valence-corrected chi connectivity index (χ3v) is 3.20. The van der Waals surface area contributed by atoms with Gasteiger partial charge in [0.1, 0.15) is 12.6 Å². The van der Waals surface area contributed by atoms with Gasteiger partial charge in [0, 0.05) is 6.42 Å². The number of hydrogen-bond acceptors (Lipinski definition) is 5. The molecule has 6 heteroatoms. The number of hydrogen-bond donors (Lipinski definition) is 1. The molecule has 0 bridgehead atoms. The van der Waals surface area contributed by atoms with E-state index in [0.717, 1.165) is 5.56 Å². The molecule has 1 atom stereocenters. The van der Waals surface area contributed by atoms with Gasteiger partial charge in [0.05, 0.1) is 19.8 Å². The standard InChI is InChI=1S/C17H22N2O4/c1-22-17(21)15(10-6-3-7-11-18)19-16(20)13-23-12-14-8-4-2-5-9-14/h2,4-5,8-9,15H,3,6-7,10,12-13H2,1H3,(H,19,20)/t15-/m1/s1. The molecule has 0 saturated heterocycles. The minimum absolute atomic E-state index is 0.124. The second-order valence-electron chi connectivity index (χ2n) is 5.03. The van der Waals surface area contributed by atoms with Gasteiger partial charge < -0.3 is 14.8 Å². The highest BCUT2D eigenvalue weighted by atomic mass is 16.5. The fourth-order valence-corrected chi connectivity index (χ4v) is 2.02. The molecule has 1 aromatic carbocycles. The van der Waals surface area contributed by atoms with Crippen molar-refractivity contribution in [1.29, 1.82) is 5.26 Å². The van der Waals surface area contributed by atoms with Gasteiger partial charge in [0.2, 0.25) is 5.91 Å². The van der Waals surface area contributed by atoms with Crippen LogP contribution in [0.15, 0.2) is 30.3 Å². The highest BCUT2D eigenvalue weighted by Crippen LogP contribution is 2.05. The molecule has 0 aliphatic carbocycles. The van der Waals surface area contributed by atoms with Gasteiger partial charge in [-0.2, -0.15) is 5.26 Å². The van der Waals surface area contributed by atoms with Gasteiger partial charge in [-0.15, -0.1) is 0 Å². The number of esters is 1. The third kappa shape index (κ3) is 7.98. The van der Waals surface area contributed by atoms with Crippen molar-refractivity contribution in [1.82, 2.24) is 5.32 Å². The van der Waals surface area contributed by atoms with Gasteiger partial charge in [-0.05, 0) is 24.8 Å². The Hall–Kier alpha value is -2.39. The number of benzene rings is 1. The van der Waals surface area contributed by atoms with E-state index in [1.807, 2.05) is 36.4 Å². The first kappa shape index (κ1) is 18.7. The first-order valence-corrected chi connectivity index (χ1v) is 7.53. The summed E-state index contributed by atoms with van der Waals surface area (Å²) >= 11 is 0. The number of carbonyl (C=O) groups is 2. The molecule has 0 saturated carbocycles. The molecule has 0 aromatic heterocycles. The quantitative estimate of drug-likeness (QED) is 0.526. The zero-order valence-electron chi connectivity index (χ0n) is 13.3. The van der Waals surface area contributed by atoms with Crippen molar-refractivity contribution < 1.29 is 19.1 Å². The maximum atomic E-state index is 11.9. The monoisotopic (exact) mass is 318 g/mol. The van der Waals surface area contributed by atoms with Crippen molar-refractivity contribution in [3.63, 3.8) is 0 Å². The Morgan fingerprint density at radius 1 is 1.26 bits per heavy atom. The lowest BCUT2D eigenvalue weighted by Crippen LogP contribution is -2.43. The van der Waals surface area contributed by atoms with Crippen molar-refractivity contribution in [2.24, 2.45) is 0 Å². The van der Waals surface area contributed by atoms with Gasteiger partial charge in [0.25, 0.3) is 0 Å². The number of rotatable bonds is 10. The molecule has 0 fully saturated rings. The lowest BCUT2D eigenvalue weighted by molar-refractivity contribution is -0.146. The number of methoxy groups -OCH3 is 1. The Kier molecular flexibility index (Phi) is 9.10. The minimum Gasteiger partial charge on any atom is -0.467 e. The van der Waals surface area contributed by atoms with E-state index in [4.69, 9.17) is 10.00 Å². The zero-order valence-corrected chi connectivity index (χ0v) is 13.3. The number of nitrogens with one attached hydrogen (secondary N) is 1. The van der Waals surface area contributed by atoms with Crippen LogP contribution in [0.4, 0.5) is 0 Å². The fraction of sp³-hybridized carbons (Fsp3) is 0.471. The number of ether oxygens (including phenoxy) is 2. The molecule has 1 amide bonds. The highest BCUT2D eigenvalue weighted by molar-refractivity contribution is 5.84. The minimum atomic E-state index is -0.702. The summed E-state index contributed by atoms with van der Waals surface area (Å²) in [7, 11) is 1.28. The molecular formula is C17H22N2O4. The van der Waals surface area contributed by atoms with Crippen LogP contribution in [0.25, 0.3) is 0 Å². The van der Waals surface area contributed by atoms with Crippen molar-refractivity contribution in [3.8, 4) is 6.07 Å². The first-order chi connectivity index (χ1) is 11.2. The van der Waals surface area contributed by atoms with Crippen molar-refractivity contribution in [3.05, 3.63) is 35.9 Å². The van der Waals surface area contributed by atoms with Crippen LogP contribution in [-0.4, -0.2) is 31.6 Å². The largest absolute Gasteiger partial charge is 0.467 e. The summed E-state index contributed by atoms with van der Waals surface area (Å²) in [6.45, 7) is 0.208. The number of nitriles is 1. The Bertz CT molecular complexity index is 525. The van der Waals surface area contributed by atoms with Gasteiger partial charge in [-0.3, -0.25) is 4.79 Å². The van der Waals surface area contributed by atoms with Gasteiger partial charge in [-0.1, -0.05) is 30.3 Å². The predicted molar refractivity (Wildman–Crippen MR) is 84.1 cm³/mol. The van der Waals surface area contributed by atoms with Crippen LogP contribution in [-0.2, 0) is 25.7 Å². The Labute approximate surface area is 136 Å². The summed E-state index contributed by atoms with van der Waals surface area (Å²) < 4.78 is 10.0. The van der Waals surface area contributed by atoms with E-state index in [1.165, 1.54) is 7.11 Å². The molecule has 1 aromatic rings. The fourth-order valence-electron chi connectivity index (χ4n) is 2.02. The number of nitrogens with zero attached hydrogens (tertiary/aromatic N) is 1. The summed E-state index contributed by atoms with van der Waals surface area (Å²) in [6.07, 6.45) is 2.23. The number of amides is 1. The molecule has 0 aliphatic rings.